The Morgan fingerprint density at radius 3 is 2.50 bits per heavy atom. The van der Waals surface area contributed by atoms with Gasteiger partial charge in [-0.15, -0.1) is 0 Å². The highest BCUT2D eigenvalue weighted by Gasteiger charge is 2.33. The highest BCUT2D eigenvalue weighted by Crippen LogP contribution is 2.25. The molecule has 0 bridgehead atoms. The minimum Gasteiger partial charge on any atom is -0.368 e. The maximum absolute atomic E-state index is 11.7. The van der Waals surface area contributed by atoms with Gasteiger partial charge in [-0.1, -0.05) is 44.2 Å². The summed E-state index contributed by atoms with van der Waals surface area (Å²) in [6.45, 7) is 4.33. The molecule has 1 amide bonds. The number of thioether (sulfide) groups is 1. The molecule has 4 N–H and O–H groups in total. The van der Waals surface area contributed by atoms with Gasteiger partial charge in [0.2, 0.25) is 5.91 Å². The predicted molar refractivity (Wildman–Crippen MR) is 78.3 cm³/mol. The Hall–Kier alpha value is -1.00. The van der Waals surface area contributed by atoms with Crippen molar-refractivity contribution in [1.82, 2.24) is 0 Å². The van der Waals surface area contributed by atoms with Gasteiger partial charge < -0.3 is 11.5 Å². The second-order valence-corrected chi connectivity index (χ2v) is 6.09. The van der Waals surface area contributed by atoms with Crippen LogP contribution in [0.25, 0.3) is 0 Å². The fraction of sp³-hybridized carbons (Fsp3) is 0.500. The van der Waals surface area contributed by atoms with E-state index in [1.807, 2.05) is 42.1 Å². The van der Waals surface area contributed by atoms with Crippen LogP contribution in [0.1, 0.15) is 32.3 Å². The lowest BCUT2D eigenvalue weighted by Gasteiger charge is -2.26. The lowest BCUT2D eigenvalue weighted by molar-refractivity contribution is -0.123. The average Bonchev–Trinajstić information content (AvgIpc) is 2.39. The Morgan fingerprint density at radius 1 is 1.39 bits per heavy atom. The van der Waals surface area contributed by atoms with E-state index >= 15 is 0 Å². The van der Waals surface area contributed by atoms with Gasteiger partial charge in [-0.3, -0.25) is 4.79 Å². The zero-order valence-corrected chi connectivity index (χ0v) is 11.9. The van der Waals surface area contributed by atoms with Gasteiger partial charge in [0.1, 0.15) is 5.54 Å². The molecular weight excluding hydrogens is 244 g/mol. The molecule has 0 spiro atoms. The molecular formula is C14H22N2OS. The second-order valence-electron chi connectivity index (χ2n) is 4.54. The van der Waals surface area contributed by atoms with Crippen molar-refractivity contribution in [1.29, 1.82) is 0 Å². The molecule has 0 aliphatic rings. The van der Waals surface area contributed by atoms with E-state index in [1.54, 1.807) is 0 Å². The predicted octanol–water partition coefficient (Wildman–Crippen LogP) is 2.25. The largest absolute Gasteiger partial charge is 0.368 e. The highest BCUT2D eigenvalue weighted by atomic mass is 32.2. The Labute approximate surface area is 113 Å². The van der Waals surface area contributed by atoms with Crippen LogP contribution in [0.5, 0.6) is 0 Å². The highest BCUT2D eigenvalue weighted by molar-refractivity contribution is 7.99. The minimum atomic E-state index is -1.05. The summed E-state index contributed by atoms with van der Waals surface area (Å²) in [7, 11) is 0. The molecule has 100 valence electrons. The third-order valence-electron chi connectivity index (χ3n) is 3.20. The fourth-order valence-corrected chi connectivity index (χ4v) is 2.76. The smallest absolute Gasteiger partial charge is 0.242 e. The van der Waals surface area contributed by atoms with Gasteiger partial charge in [0, 0.05) is 5.25 Å². The van der Waals surface area contributed by atoms with Crippen LogP contribution in [0.2, 0.25) is 0 Å². The normalized spacial score (nSPS) is 15.9. The number of primary amides is 1. The summed E-state index contributed by atoms with van der Waals surface area (Å²) in [5, 5.41) is 0.581. The molecule has 0 heterocycles. The Bertz CT molecular complexity index is 383. The molecule has 3 nitrogen and oxygen atoms in total. The summed E-state index contributed by atoms with van der Waals surface area (Å²) in [5.74, 6) is 0.377. The van der Waals surface area contributed by atoms with Crippen LogP contribution >= 0.6 is 11.8 Å². The molecule has 0 aliphatic carbocycles. The van der Waals surface area contributed by atoms with E-state index in [9.17, 15) is 4.79 Å². The van der Waals surface area contributed by atoms with Gasteiger partial charge >= 0.3 is 0 Å². The number of carbonyl (C=O) groups is 1. The van der Waals surface area contributed by atoms with E-state index in [4.69, 9.17) is 11.5 Å². The van der Waals surface area contributed by atoms with Crippen molar-refractivity contribution in [2.75, 3.05) is 5.75 Å². The third kappa shape index (κ3) is 3.75. The number of nitrogens with two attached hydrogens (primary N) is 2. The molecule has 0 aliphatic heterocycles. The molecule has 1 rings (SSSR count). The van der Waals surface area contributed by atoms with Gasteiger partial charge in [-0.2, -0.15) is 11.8 Å². The van der Waals surface area contributed by atoms with Crippen LogP contribution in [-0.2, 0) is 10.3 Å². The second kappa shape index (κ2) is 6.81. The van der Waals surface area contributed by atoms with Crippen LogP contribution < -0.4 is 11.5 Å². The zero-order chi connectivity index (χ0) is 13.6. The maximum atomic E-state index is 11.7. The number of benzene rings is 1. The molecule has 1 aromatic carbocycles. The van der Waals surface area contributed by atoms with Crippen molar-refractivity contribution in [3.8, 4) is 0 Å². The molecule has 0 saturated carbocycles. The maximum Gasteiger partial charge on any atom is 0.242 e. The summed E-state index contributed by atoms with van der Waals surface area (Å²) >= 11 is 1.83. The lowest BCUT2D eigenvalue weighted by atomic mass is 9.88. The van der Waals surface area contributed by atoms with Crippen molar-refractivity contribution in [3.63, 3.8) is 0 Å². The van der Waals surface area contributed by atoms with E-state index in [0.717, 1.165) is 17.7 Å². The van der Waals surface area contributed by atoms with Crippen molar-refractivity contribution >= 4 is 17.7 Å². The Balaban J connectivity index is 2.73. The minimum absolute atomic E-state index is 0.460. The quantitative estimate of drug-likeness (QED) is 0.795. The van der Waals surface area contributed by atoms with Gasteiger partial charge in [0.05, 0.1) is 0 Å². The summed E-state index contributed by atoms with van der Waals surface area (Å²) in [6, 6.07) is 9.37. The van der Waals surface area contributed by atoms with E-state index in [1.165, 1.54) is 0 Å². The number of amides is 1. The molecule has 0 radical (unpaired) electrons. The molecule has 2 atom stereocenters. The van der Waals surface area contributed by atoms with Crippen molar-refractivity contribution in [3.05, 3.63) is 35.9 Å². The van der Waals surface area contributed by atoms with Crippen LogP contribution in [-0.4, -0.2) is 16.9 Å². The number of hydrogen-bond donors (Lipinski definition) is 2. The number of hydrogen-bond acceptors (Lipinski definition) is 3. The molecule has 0 aromatic heterocycles. The Morgan fingerprint density at radius 2 is 2.00 bits per heavy atom. The van der Waals surface area contributed by atoms with Crippen LogP contribution in [0.3, 0.4) is 0 Å². The molecule has 0 fully saturated rings. The first kappa shape index (κ1) is 15.1. The van der Waals surface area contributed by atoms with Gasteiger partial charge in [-0.25, -0.2) is 0 Å². The van der Waals surface area contributed by atoms with Gasteiger partial charge in [0.25, 0.3) is 0 Å². The molecule has 18 heavy (non-hydrogen) atoms. The molecule has 4 heteroatoms. The summed E-state index contributed by atoms with van der Waals surface area (Å²) in [5.41, 5.74) is 11.4. The first-order chi connectivity index (χ1) is 8.50. The molecule has 1 aromatic rings. The third-order valence-corrected chi connectivity index (χ3v) is 4.54. The standard InChI is InChI=1S/C14H22N2OS/c1-3-11(2)18-10-9-14(16,13(15)17)12-7-5-4-6-8-12/h4-8,11H,3,9-10,16H2,1-2H3,(H2,15,17). The van der Waals surface area contributed by atoms with Crippen molar-refractivity contribution in [2.45, 2.75) is 37.5 Å². The summed E-state index contributed by atoms with van der Waals surface area (Å²) in [4.78, 5) is 11.7. The van der Waals surface area contributed by atoms with Crippen LogP contribution in [0.4, 0.5) is 0 Å². The Kier molecular flexibility index (Phi) is 5.69. The van der Waals surface area contributed by atoms with Crippen molar-refractivity contribution in [2.24, 2.45) is 11.5 Å². The van der Waals surface area contributed by atoms with Gasteiger partial charge in [0.15, 0.2) is 0 Å². The van der Waals surface area contributed by atoms with Crippen molar-refractivity contribution < 1.29 is 4.79 Å². The number of carbonyl (C=O) groups excluding carboxylic acids is 1. The van der Waals surface area contributed by atoms with Gasteiger partial charge in [-0.05, 0) is 24.2 Å². The van der Waals surface area contributed by atoms with E-state index in [-0.39, 0.29) is 0 Å². The average molecular weight is 266 g/mol. The van der Waals surface area contributed by atoms with Crippen LogP contribution in [0.15, 0.2) is 30.3 Å². The van der Waals surface area contributed by atoms with E-state index < -0.39 is 11.4 Å². The van der Waals surface area contributed by atoms with Crippen LogP contribution in [0, 0.1) is 0 Å². The monoisotopic (exact) mass is 266 g/mol. The fourth-order valence-electron chi connectivity index (χ4n) is 1.68. The molecule has 0 saturated heterocycles. The first-order valence-corrected chi connectivity index (χ1v) is 7.31. The lowest BCUT2D eigenvalue weighted by Crippen LogP contribution is -2.49. The zero-order valence-electron chi connectivity index (χ0n) is 11.1. The topological polar surface area (TPSA) is 69.1 Å². The van der Waals surface area contributed by atoms with E-state index in [2.05, 4.69) is 13.8 Å². The first-order valence-electron chi connectivity index (χ1n) is 6.26. The molecule has 2 unspecified atom stereocenters. The summed E-state index contributed by atoms with van der Waals surface area (Å²) < 4.78 is 0. The summed E-state index contributed by atoms with van der Waals surface area (Å²) in [6.07, 6.45) is 1.69. The SMILES string of the molecule is CCC(C)SCCC(N)(C(N)=O)c1ccccc1. The number of rotatable bonds is 7. The van der Waals surface area contributed by atoms with E-state index in [0.29, 0.717) is 11.7 Å².